The zero-order valence-corrected chi connectivity index (χ0v) is 11.7. The van der Waals surface area contributed by atoms with Crippen molar-refractivity contribution in [1.29, 1.82) is 0 Å². The van der Waals surface area contributed by atoms with Crippen LogP contribution in [0.2, 0.25) is 0 Å². The van der Waals surface area contributed by atoms with Crippen LogP contribution in [0.3, 0.4) is 0 Å². The molecule has 3 heterocycles. The highest BCUT2D eigenvalue weighted by Gasteiger charge is 2.34. The van der Waals surface area contributed by atoms with E-state index in [0.717, 1.165) is 19.6 Å². The first kappa shape index (κ1) is 13.0. The van der Waals surface area contributed by atoms with E-state index in [1.54, 1.807) is 6.20 Å². The van der Waals surface area contributed by atoms with Crippen molar-refractivity contribution in [2.45, 2.75) is 12.6 Å². The molecule has 1 aromatic heterocycles. The molecule has 5 nitrogen and oxygen atoms in total. The third-order valence-corrected chi connectivity index (χ3v) is 5.57. The van der Waals surface area contributed by atoms with E-state index in [4.69, 9.17) is 0 Å². The highest BCUT2D eigenvalue weighted by atomic mass is 32.2. The Balaban J connectivity index is 1.46. The summed E-state index contributed by atoms with van der Waals surface area (Å²) in [5.41, 5.74) is 1.24. The van der Waals surface area contributed by atoms with Gasteiger partial charge >= 0.3 is 0 Å². The fourth-order valence-electron chi connectivity index (χ4n) is 2.74. The van der Waals surface area contributed by atoms with Crippen LogP contribution in [0.25, 0.3) is 0 Å². The van der Waals surface area contributed by atoms with Crippen molar-refractivity contribution < 1.29 is 8.42 Å². The molecule has 3 rings (SSSR count). The second-order valence-electron chi connectivity index (χ2n) is 5.40. The van der Waals surface area contributed by atoms with E-state index in [2.05, 4.69) is 20.9 Å². The number of sulfone groups is 1. The SMILES string of the molecule is O=S1(=O)CCN(C2CN(Cc3cccnc3)C2)CC1. The molecule has 2 fully saturated rings. The molecule has 19 heavy (non-hydrogen) atoms. The lowest BCUT2D eigenvalue weighted by Crippen LogP contribution is -2.61. The summed E-state index contributed by atoms with van der Waals surface area (Å²) in [5.74, 6) is 0.651. The van der Waals surface area contributed by atoms with Crippen molar-refractivity contribution in [3.8, 4) is 0 Å². The van der Waals surface area contributed by atoms with E-state index in [9.17, 15) is 8.42 Å². The molecule has 0 unspecified atom stereocenters. The van der Waals surface area contributed by atoms with Crippen molar-refractivity contribution in [2.24, 2.45) is 0 Å². The molecule has 0 bridgehead atoms. The predicted octanol–water partition coefficient (Wildman–Crippen LogP) is -0.00380. The number of nitrogens with zero attached hydrogens (tertiary/aromatic N) is 3. The van der Waals surface area contributed by atoms with Gasteiger partial charge in [0, 0.05) is 51.2 Å². The van der Waals surface area contributed by atoms with Gasteiger partial charge in [0.1, 0.15) is 0 Å². The van der Waals surface area contributed by atoms with Crippen LogP contribution in [-0.4, -0.2) is 66.9 Å². The van der Waals surface area contributed by atoms with Crippen molar-refractivity contribution >= 4 is 9.84 Å². The molecular formula is C13H19N3O2S. The topological polar surface area (TPSA) is 53.5 Å². The molecule has 0 saturated carbocycles. The first-order valence-electron chi connectivity index (χ1n) is 6.68. The smallest absolute Gasteiger partial charge is 0.152 e. The first-order valence-corrected chi connectivity index (χ1v) is 8.50. The highest BCUT2D eigenvalue weighted by molar-refractivity contribution is 7.91. The summed E-state index contributed by atoms with van der Waals surface area (Å²) in [6.45, 7) is 4.42. The van der Waals surface area contributed by atoms with Gasteiger partial charge < -0.3 is 0 Å². The van der Waals surface area contributed by atoms with E-state index < -0.39 is 9.84 Å². The minimum atomic E-state index is -2.76. The molecule has 0 aromatic carbocycles. The first-order chi connectivity index (χ1) is 9.12. The zero-order valence-electron chi connectivity index (χ0n) is 10.9. The van der Waals surface area contributed by atoms with Crippen LogP contribution in [-0.2, 0) is 16.4 Å². The summed E-state index contributed by atoms with van der Waals surface area (Å²) in [6.07, 6.45) is 3.69. The van der Waals surface area contributed by atoms with Crippen molar-refractivity contribution in [3.05, 3.63) is 30.1 Å². The van der Waals surface area contributed by atoms with Gasteiger partial charge in [-0.15, -0.1) is 0 Å². The van der Waals surface area contributed by atoms with Crippen molar-refractivity contribution in [3.63, 3.8) is 0 Å². The van der Waals surface area contributed by atoms with Gasteiger partial charge in [-0.05, 0) is 11.6 Å². The number of hydrogen-bond donors (Lipinski definition) is 0. The molecule has 6 heteroatoms. The Morgan fingerprint density at radius 3 is 2.63 bits per heavy atom. The standard InChI is InChI=1S/C13H19N3O2S/c17-19(18)6-4-16(5-7-19)13-10-15(11-13)9-12-2-1-3-14-8-12/h1-3,8,13H,4-7,9-11H2. The van der Waals surface area contributed by atoms with Crippen LogP contribution < -0.4 is 0 Å². The molecule has 2 aliphatic rings. The molecule has 0 amide bonds. The van der Waals surface area contributed by atoms with E-state index in [1.807, 2.05) is 12.3 Å². The Kier molecular flexibility index (Phi) is 3.56. The Labute approximate surface area is 114 Å². The second kappa shape index (κ2) is 5.19. The number of hydrogen-bond acceptors (Lipinski definition) is 5. The number of likely N-dealkylation sites (tertiary alicyclic amines) is 1. The van der Waals surface area contributed by atoms with Gasteiger partial charge in [0.25, 0.3) is 0 Å². The zero-order chi connectivity index (χ0) is 13.3. The monoisotopic (exact) mass is 281 g/mol. The summed E-state index contributed by atoms with van der Waals surface area (Å²) in [4.78, 5) is 8.82. The third kappa shape index (κ3) is 3.13. The summed E-state index contributed by atoms with van der Waals surface area (Å²) >= 11 is 0. The molecule has 0 aliphatic carbocycles. The van der Waals surface area contributed by atoms with Gasteiger partial charge in [0.2, 0.25) is 0 Å². The highest BCUT2D eigenvalue weighted by Crippen LogP contribution is 2.19. The molecule has 0 spiro atoms. The fraction of sp³-hybridized carbons (Fsp3) is 0.615. The van der Waals surface area contributed by atoms with E-state index >= 15 is 0 Å². The van der Waals surface area contributed by atoms with Crippen molar-refractivity contribution in [1.82, 2.24) is 14.8 Å². The Bertz CT molecular complexity index is 512. The second-order valence-corrected chi connectivity index (χ2v) is 7.70. The molecule has 104 valence electrons. The minimum absolute atomic E-state index is 0.326. The average Bonchev–Trinajstić information content (AvgIpc) is 2.35. The van der Waals surface area contributed by atoms with Gasteiger partial charge in [-0.2, -0.15) is 0 Å². The number of pyridine rings is 1. The Morgan fingerprint density at radius 2 is 2.00 bits per heavy atom. The maximum atomic E-state index is 11.4. The van der Waals surface area contributed by atoms with Crippen molar-refractivity contribution in [2.75, 3.05) is 37.7 Å². The minimum Gasteiger partial charge on any atom is -0.296 e. The summed E-state index contributed by atoms with van der Waals surface area (Å²) in [6, 6.07) is 4.59. The Morgan fingerprint density at radius 1 is 1.26 bits per heavy atom. The molecule has 1 aromatic rings. The van der Waals surface area contributed by atoms with E-state index in [1.165, 1.54) is 5.56 Å². The van der Waals surface area contributed by atoms with Gasteiger partial charge in [-0.3, -0.25) is 14.8 Å². The lowest BCUT2D eigenvalue weighted by Gasteiger charge is -2.46. The lowest BCUT2D eigenvalue weighted by atomic mass is 10.1. The fourth-order valence-corrected chi connectivity index (χ4v) is 3.97. The van der Waals surface area contributed by atoms with Crippen LogP contribution in [0.4, 0.5) is 0 Å². The van der Waals surface area contributed by atoms with Crippen LogP contribution in [0.5, 0.6) is 0 Å². The normalized spacial score (nSPS) is 25.1. The number of rotatable bonds is 3. The van der Waals surface area contributed by atoms with Gasteiger partial charge in [0.05, 0.1) is 11.5 Å². The van der Waals surface area contributed by atoms with E-state index in [0.29, 0.717) is 30.6 Å². The van der Waals surface area contributed by atoms with Gasteiger partial charge in [0.15, 0.2) is 9.84 Å². The summed E-state index contributed by atoms with van der Waals surface area (Å²) in [5, 5.41) is 0. The average molecular weight is 281 g/mol. The third-order valence-electron chi connectivity index (χ3n) is 3.96. The summed E-state index contributed by atoms with van der Waals surface area (Å²) < 4.78 is 22.8. The van der Waals surface area contributed by atoms with Crippen LogP contribution in [0.1, 0.15) is 5.56 Å². The van der Waals surface area contributed by atoms with Crippen LogP contribution in [0, 0.1) is 0 Å². The maximum absolute atomic E-state index is 11.4. The molecule has 0 N–H and O–H groups in total. The predicted molar refractivity (Wildman–Crippen MR) is 73.5 cm³/mol. The van der Waals surface area contributed by atoms with Crippen LogP contribution in [0.15, 0.2) is 24.5 Å². The quantitative estimate of drug-likeness (QED) is 0.780. The largest absolute Gasteiger partial charge is 0.296 e. The molecular weight excluding hydrogens is 262 g/mol. The molecule has 0 radical (unpaired) electrons. The Hall–Kier alpha value is -0.980. The van der Waals surface area contributed by atoms with Crippen LogP contribution >= 0.6 is 0 Å². The number of aromatic nitrogens is 1. The summed E-state index contributed by atoms with van der Waals surface area (Å²) in [7, 11) is -2.76. The maximum Gasteiger partial charge on any atom is 0.152 e. The molecule has 2 aliphatic heterocycles. The van der Waals surface area contributed by atoms with Gasteiger partial charge in [-0.25, -0.2) is 8.42 Å². The molecule has 2 saturated heterocycles. The molecule has 0 atom stereocenters. The lowest BCUT2D eigenvalue weighted by molar-refractivity contribution is 0.0334. The van der Waals surface area contributed by atoms with E-state index in [-0.39, 0.29) is 0 Å². The van der Waals surface area contributed by atoms with Gasteiger partial charge in [-0.1, -0.05) is 6.07 Å².